The van der Waals surface area contributed by atoms with Crippen LogP contribution < -0.4 is 0 Å². The lowest BCUT2D eigenvalue weighted by atomic mass is 9.56. The van der Waals surface area contributed by atoms with E-state index in [4.69, 9.17) is 4.74 Å². The summed E-state index contributed by atoms with van der Waals surface area (Å²) in [6.45, 7) is 15.5. The molecule has 0 aromatic carbocycles. The zero-order chi connectivity index (χ0) is 25.3. The van der Waals surface area contributed by atoms with E-state index in [0.717, 1.165) is 37.7 Å². The molecule has 34 heavy (non-hydrogen) atoms. The van der Waals surface area contributed by atoms with E-state index in [2.05, 4.69) is 59.8 Å². The van der Waals surface area contributed by atoms with Crippen LogP contribution in [0.5, 0.6) is 0 Å². The molecule has 4 heteroatoms. The fourth-order valence-electron chi connectivity index (χ4n) is 7.23. The van der Waals surface area contributed by atoms with Crippen molar-refractivity contribution in [1.29, 1.82) is 0 Å². The third-order valence-electron chi connectivity index (χ3n) is 9.96. The molecule has 0 unspecified atom stereocenters. The third kappa shape index (κ3) is 5.37. The number of aliphatic hydroxyl groups excluding tert-OH is 1. The van der Waals surface area contributed by atoms with Crippen LogP contribution in [-0.4, -0.2) is 29.6 Å². The first-order valence-electron chi connectivity index (χ1n) is 13.6. The van der Waals surface area contributed by atoms with Gasteiger partial charge in [0.05, 0.1) is 12.7 Å². The van der Waals surface area contributed by atoms with Crippen molar-refractivity contribution >= 4 is 11.8 Å². The average molecular weight is 473 g/mol. The molecule has 0 saturated heterocycles. The largest absolute Gasteiger partial charge is 0.466 e. The normalized spacial score (nSPS) is 38.0. The number of Topliss-reactive ketones (excluding diaryl/α,β-unsaturated/α-hetero) is 1. The van der Waals surface area contributed by atoms with E-state index >= 15 is 0 Å². The molecule has 0 aliphatic heterocycles. The van der Waals surface area contributed by atoms with Gasteiger partial charge in [-0.15, -0.1) is 0 Å². The highest BCUT2D eigenvalue weighted by Crippen LogP contribution is 2.59. The zero-order valence-corrected chi connectivity index (χ0v) is 22.6. The Labute approximate surface area is 207 Å². The number of ether oxygens (including phenoxy) is 1. The number of aliphatic hydroxyl groups is 1. The van der Waals surface area contributed by atoms with Gasteiger partial charge in [-0.25, -0.2) is 0 Å². The minimum Gasteiger partial charge on any atom is -0.466 e. The fourth-order valence-corrected chi connectivity index (χ4v) is 7.23. The topological polar surface area (TPSA) is 63.6 Å². The molecule has 192 valence electrons. The number of fused-ring (bicyclic) bond motifs is 1. The van der Waals surface area contributed by atoms with Crippen LogP contribution in [-0.2, 0) is 14.3 Å². The number of ketones is 1. The molecule has 0 bridgehead atoms. The van der Waals surface area contributed by atoms with Crippen LogP contribution in [0.25, 0.3) is 0 Å². The van der Waals surface area contributed by atoms with Crippen molar-refractivity contribution in [3.8, 4) is 0 Å². The Kier molecular flexibility index (Phi) is 8.54. The van der Waals surface area contributed by atoms with Gasteiger partial charge in [0.1, 0.15) is 5.78 Å². The van der Waals surface area contributed by atoms with Crippen molar-refractivity contribution < 1.29 is 19.4 Å². The molecular weight excluding hydrogens is 424 g/mol. The Bertz CT molecular complexity index is 811. The Morgan fingerprint density at radius 2 is 1.88 bits per heavy atom. The van der Waals surface area contributed by atoms with E-state index in [9.17, 15) is 14.7 Å². The van der Waals surface area contributed by atoms with E-state index in [-0.39, 0.29) is 23.4 Å². The molecule has 1 N–H and O–H groups in total. The minimum absolute atomic E-state index is 0.0158. The van der Waals surface area contributed by atoms with Gasteiger partial charge in [-0.3, -0.25) is 9.59 Å². The van der Waals surface area contributed by atoms with Gasteiger partial charge in [-0.05, 0) is 86.9 Å². The molecule has 0 aromatic heterocycles. The molecule has 2 fully saturated rings. The van der Waals surface area contributed by atoms with E-state index < -0.39 is 5.41 Å². The van der Waals surface area contributed by atoms with Crippen molar-refractivity contribution in [3.05, 3.63) is 23.8 Å². The molecule has 3 aliphatic carbocycles. The van der Waals surface area contributed by atoms with Crippen molar-refractivity contribution in [3.63, 3.8) is 0 Å². The first kappa shape index (κ1) is 27.2. The first-order valence-corrected chi connectivity index (χ1v) is 13.6. The molecule has 0 spiro atoms. The van der Waals surface area contributed by atoms with Gasteiger partial charge in [0.25, 0.3) is 0 Å². The zero-order valence-electron chi connectivity index (χ0n) is 22.6. The second kappa shape index (κ2) is 10.7. The third-order valence-corrected chi connectivity index (χ3v) is 9.96. The number of carbonyl (C=O) groups is 2. The highest BCUT2D eigenvalue weighted by Gasteiger charge is 2.55. The lowest BCUT2D eigenvalue weighted by Crippen LogP contribution is -2.47. The van der Waals surface area contributed by atoms with Crippen LogP contribution in [0, 0.1) is 46.3 Å². The van der Waals surface area contributed by atoms with Crippen molar-refractivity contribution in [2.45, 2.75) is 99.5 Å². The molecule has 2 saturated carbocycles. The van der Waals surface area contributed by atoms with Gasteiger partial charge in [-0.1, -0.05) is 58.4 Å². The molecule has 3 aliphatic rings. The Morgan fingerprint density at radius 3 is 2.53 bits per heavy atom. The molecule has 0 radical (unpaired) electrons. The summed E-state index contributed by atoms with van der Waals surface area (Å²) in [7, 11) is 0. The van der Waals surface area contributed by atoms with Crippen LogP contribution in [0.15, 0.2) is 23.8 Å². The van der Waals surface area contributed by atoms with E-state index in [1.807, 2.05) is 0 Å². The summed E-state index contributed by atoms with van der Waals surface area (Å²) in [4.78, 5) is 25.5. The van der Waals surface area contributed by atoms with Crippen LogP contribution in [0.2, 0.25) is 0 Å². The summed E-state index contributed by atoms with van der Waals surface area (Å²) in [5.41, 5.74) is 0.675. The molecule has 3 rings (SSSR count). The lowest BCUT2D eigenvalue weighted by Gasteiger charge is -2.48. The van der Waals surface area contributed by atoms with Gasteiger partial charge in [-0.2, -0.15) is 0 Å². The second-order valence-corrected chi connectivity index (χ2v) is 12.4. The van der Waals surface area contributed by atoms with Gasteiger partial charge in [0.15, 0.2) is 0 Å². The summed E-state index contributed by atoms with van der Waals surface area (Å²) in [5, 5.41) is 10.2. The van der Waals surface area contributed by atoms with Crippen LogP contribution in [0.1, 0.15) is 93.4 Å². The lowest BCUT2D eigenvalue weighted by molar-refractivity contribution is -0.143. The number of carbonyl (C=O) groups excluding carboxylic acids is 2. The van der Waals surface area contributed by atoms with Crippen molar-refractivity contribution in [1.82, 2.24) is 0 Å². The maximum atomic E-state index is 14.0. The molecule has 0 heterocycles. The molecule has 0 amide bonds. The van der Waals surface area contributed by atoms with Crippen LogP contribution >= 0.6 is 0 Å². The fraction of sp³-hybridized carbons (Fsp3) is 0.800. The van der Waals surface area contributed by atoms with Gasteiger partial charge >= 0.3 is 5.97 Å². The van der Waals surface area contributed by atoms with E-state index in [1.165, 1.54) is 6.92 Å². The minimum atomic E-state index is -0.421. The molecular formula is C30H48O4. The number of hydrogen-bond donors (Lipinski definition) is 1. The van der Waals surface area contributed by atoms with Gasteiger partial charge < -0.3 is 9.84 Å². The molecule has 4 nitrogen and oxygen atoms in total. The number of allylic oxidation sites excluding steroid dienone is 3. The summed E-state index contributed by atoms with van der Waals surface area (Å²) < 4.78 is 5.43. The maximum absolute atomic E-state index is 14.0. The van der Waals surface area contributed by atoms with Gasteiger partial charge in [0.2, 0.25) is 0 Å². The molecule has 8 atom stereocenters. The standard InChI is InChI=1S/C30H48O4/c1-19(2)20(3)8-9-21(4)26-12-13-27(30(26,7)16-17-34-22(5)31)25-11-10-23-18-24(32)14-15-29(23,6)28(25)33/h8-10,19-21,24-27,32H,11-18H2,1-7H3/b9-8+/t20-,21+,24-,25-,26+,27-,29-,30+/m0/s1. The highest BCUT2D eigenvalue weighted by molar-refractivity contribution is 5.91. The maximum Gasteiger partial charge on any atom is 0.302 e. The number of hydrogen-bond acceptors (Lipinski definition) is 4. The van der Waals surface area contributed by atoms with Crippen LogP contribution in [0.4, 0.5) is 0 Å². The SMILES string of the molecule is CC(=O)OCC[C@]1(C)[C@@H]([C@H](C)/C=C/[C@H](C)C(C)C)CC[C@H]1[C@@H]1CC=C2C[C@@H](O)CC[C@]2(C)C1=O. The highest BCUT2D eigenvalue weighted by atomic mass is 16.5. The monoisotopic (exact) mass is 472 g/mol. The Morgan fingerprint density at radius 1 is 1.18 bits per heavy atom. The molecule has 0 aromatic rings. The average Bonchev–Trinajstić information content (AvgIpc) is 3.10. The predicted molar refractivity (Wildman–Crippen MR) is 137 cm³/mol. The summed E-state index contributed by atoms with van der Waals surface area (Å²) in [6, 6.07) is 0. The second-order valence-electron chi connectivity index (χ2n) is 12.4. The summed E-state index contributed by atoms with van der Waals surface area (Å²) in [5.74, 6) is 2.49. The van der Waals surface area contributed by atoms with Gasteiger partial charge in [0, 0.05) is 18.3 Å². The van der Waals surface area contributed by atoms with E-state index in [0.29, 0.717) is 54.8 Å². The van der Waals surface area contributed by atoms with Crippen molar-refractivity contribution in [2.75, 3.05) is 6.61 Å². The number of rotatable bonds is 8. The van der Waals surface area contributed by atoms with E-state index in [1.54, 1.807) is 0 Å². The van der Waals surface area contributed by atoms with Crippen molar-refractivity contribution in [2.24, 2.45) is 46.3 Å². The quantitative estimate of drug-likeness (QED) is 0.322. The first-order chi connectivity index (χ1) is 15.9. The summed E-state index contributed by atoms with van der Waals surface area (Å²) >= 11 is 0. The Balaban J connectivity index is 1.87. The smallest absolute Gasteiger partial charge is 0.302 e. The Hall–Kier alpha value is -1.42. The summed E-state index contributed by atoms with van der Waals surface area (Å²) in [6.07, 6.45) is 12.6. The van der Waals surface area contributed by atoms with Crippen LogP contribution in [0.3, 0.4) is 0 Å². The number of esters is 1. The predicted octanol–water partition coefficient (Wildman–Crippen LogP) is 6.52.